The van der Waals surface area contributed by atoms with E-state index >= 15 is 0 Å². The highest BCUT2D eigenvalue weighted by Crippen LogP contribution is 2.24. The highest BCUT2D eigenvalue weighted by molar-refractivity contribution is 7.09. The Balaban J connectivity index is 1.84. The van der Waals surface area contributed by atoms with E-state index in [1.807, 2.05) is 11.3 Å². The SMILES string of the molecule is NC1(CCc2cccs2)CCOCC1. The van der Waals surface area contributed by atoms with Crippen molar-refractivity contribution < 1.29 is 4.74 Å². The van der Waals surface area contributed by atoms with E-state index in [1.54, 1.807) is 0 Å². The molecule has 0 unspecified atom stereocenters. The topological polar surface area (TPSA) is 35.2 Å². The molecule has 78 valence electrons. The Morgan fingerprint density at radius 1 is 1.43 bits per heavy atom. The van der Waals surface area contributed by atoms with Crippen LogP contribution >= 0.6 is 11.3 Å². The average Bonchev–Trinajstić information content (AvgIpc) is 2.69. The third-order valence-electron chi connectivity index (χ3n) is 2.94. The Labute approximate surface area is 89.1 Å². The van der Waals surface area contributed by atoms with Crippen LogP contribution in [0.5, 0.6) is 0 Å². The Morgan fingerprint density at radius 3 is 2.86 bits per heavy atom. The largest absolute Gasteiger partial charge is 0.381 e. The summed E-state index contributed by atoms with van der Waals surface area (Å²) in [6.45, 7) is 1.67. The van der Waals surface area contributed by atoms with Gasteiger partial charge in [-0.1, -0.05) is 6.07 Å². The van der Waals surface area contributed by atoms with Crippen LogP contribution in [0.1, 0.15) is 24.1 Å². The second kappa shape index (κ2) is 4.43. The lowest BCUT2D eigenvalue weighted by atomic mass is 9.86. The minimum Gasteiger partial charge on any atom is -0.381 e. The fourth-order valence-corrected chi connectivity index (χ4v) is 2.56. The molecule has 1 saturated heterocycles. The standard InChI is InChI=1S/C11H17NOS/c12-11(5-7-13-8-6-11)4-3-10-2-1-9-14-10/h1-2,9H,3-8,12H2. The third-order valence-corrected chi connectivity index (χ3v) is 3.87. The summed E-state index contributed by atoms with van der Waals surface area (Å²) in [5.74, 6) is 0. The molecule has 1 aromatic heterocycles. The van der Waals surface area contributed by atoms with E-state index in [0.717, 1.165) is 38.9 Å². The predicted molar refractivity (Wildman–Crippen MR) is 59.6 cm³/mol. The maximum absolute atomic E-state index is 6.30. The van der Waals surface area contributed by atoms with Crippen LogP contribution in [-0.2, 0) is 11.2 Å². The van der Waals surface area contributed by atoms with Crippen LogP contribution < -0.4 is 5.73 Å². The van der Waals surface area contributed by atoms with E-state index in [-0.39, 0.29) is 5.54 Å². The van der Waals surface area contributed by atoms with Crippen molar-refractivity contribution >= 4 is 11.3 Å². The molecule has 0 spiro atoms. The molecule has 1 aliphatic rings. The number of aryl methyl sites for hydroxylation is 1. The zero-order valence-electron chi connectivity index (χ0n) is 8.37. The highest BCUT2D eigenvalue weighted by atomic mass is 32.1. The second-order valence-corrected chi connectivity index (χ2v) is 5.09. The van der Waals surface area contributed by atoms with Crippen molar-refractivity contribution in [3.8, 4) is 0 Å². The Morgan fingerprint density at radius 2 is 2.21 bits per heavy atom. The number of hydrogen-bond acceptors (Lipinski definition) is 3. The van der Waals surface area contributed by atoms with E-state index in [2.05, 4.69) is 17.5 Å². The normalized spacial score (nSPS) is 20.9. The molecule has 0 bridgehead atoms. The Bertz CT molecular complexity index is 265. The first-order valence-corrected chi connectivity index (χ1v) is 6.06. The fraction of sp³-hybridized carbons (Fsp3) is 0.636. The van der Waals surface area contributed by atoms with Crippen LogP contribution in [0.15, 0.2) is 17.5 Å². The summed E-state index contributed by atoms with van der Waals surface area (Å²) >= 11 is 1.82. The molecule has 14 heavy (non-hydrogen) atoms. The van der Waals surface area contributed by atoms with Crippen molar-refractivity contribution in [1.82, 2.24) is 0 Å². The van der Waals surface area contributed by atoms with Crippen molar-refractivity contribution in [1.29, 1.82) is 0 Å². The molecule has 0 atom stereocenters. The van der Waals surface area contributed by atoms with Crippen LogP contribution in [0.3, 0.4) is 0 Å². The molecule has 0 saturated carbocycles. The van der Waals surface area contributed by atoms with Gasteiger partial charge in [-0.3, -0.25) is 0 Å². The van der Waals surface area contributed by atoms with Crippen molar-refractivity contribution in [2.24, 2.45) is 5.73 Å². The summed E-state index contributed by atoms with van der Waals surface area (Å²) in [6, 6.07) is 4.29. The molecular formula is C11H17NOS. The molecule has 0 aliphatic carbocycles. The molecule has 3 heteroatoms. The molecule has 0 aromatic carbocycles. The van der Waals surface area contributed by atoms with E-state index in [9.17, 15) is 0 Å². The van der Waals surface area contributed by atoms with Crippen LogP contribution in [0, 0.1) is 0 Å². The summed E-state index contributed by atoms with van der Waals surface area (Å²) in [7, 11) is 0. The van der Waals surface area contributed by atoms with Gasteiger partial charge in [0.1, 0.15) is 0 Å². The van der Waals surface area contributed by atoms with Gasteiger partial charge >= 0.3 is 0 Å². The molecule has 1 aliphatic heterocycles. The van der Waals surface area contributed by atoms with Gasteiger partial charge in [-0.15, -0.1) is 11.3 Å². The van der Waals surface area contributed by atoms with Gasteiger partial charge in [-0.2, -0.15) is 0 Å². The smallest absolute Gasteiger partial charge is 0.0483 e. The first kappa shape index (κ1) is 10.1. The summed E-state index contributed by atoms with van der Waals surface area (Å²) in [6.07, 6.45) is 4.24. The maximum atomic E-state index is 6.30. The number of ether oxygens (including phenoxy) is 1. The molecule has 2 nitrogen and oxygen atoms in total. The number of hydrogen-bond donors (Lipinski definition) is 1. The third kappa shape index (κ3) is 2.56. The van der Waals surface area contributed by atoms with E-state index in [1.165, 1.54) is 4.88 Å². The predicted octanol–water partition coefficient (Wildman–Crippen LogP) is 2.19. The zero-order valence-corrected chi connectivity index (χ0v) is 9.19. The molecule has 2 rings (SSSR count). The number of nitrogens with two attached hydrogens (primary N) is 1. The first-order chi connectivity index (χ1) is 6.79. The molecule has 2 N–H and O–H groups in total. The number of rotatable bonds is 3. The second-order valence-electron chi connectivity index (χ2n) is 4.05. The molecule has 0 amide bonds. The van der Waals surface area contributed by atoms with E-state index in [0.29, 0.717) is 0 Å². The fourth-order valence-electron chi connectivity index (χ4n) is 1.85. The Kier molecular flexibility index (Phi) is 3.21. The summed E-state index contributed by atoms with van der Waals surface area (Å²) in [5.41, 5.74) is 6.33. The lowest BCUT2D eigenvalue weighted by Gasteiger charge is -2.33. The van der Waals surface area contributed by atoms with Crippen molar-refractivity contribution in [2.75, 3.05) is 13.2 Å². The van der Waals surface area contributed by atoms with Gasteiger partial charge in [0.2, 0.25) is 0 Å². The van der Waals surface area contributed by atoms with Crippen molar-refractivity contribution in [3.63, 3.8) is 0 Å². The van der Waals surface area contributed by atoms with Gasteiger partial charge < -0.3 is 10.5 Å². The van der Waals surface area contributed by atoms with Crippen molar-refractivity contribution in [2.45, 2.75) is 31.2 Å². The quantitative estimate of drug-likeness (QED) is 0.831. The van der Waals surface area contributed by atoms with Gasteiger partial charge in [-0.05, 0) is 37.1 Å². The molecular weight excluding hydrogens is 194 g/mol. The molecule has 0 radical (unpaired) electrons. The van der Waals surface area contributed by atoms with Crippen LogP contribution in [0.4, 0.5) is 0 Å². The van der Waals surface area contributed by atoms with E-state index in [4.69, 9.17) is 10.5 Å². The average molecular weight is 211 g/mol. The van der Waals surface area contributed by atoms with Crippen LogP contribution in [0.2, 0.25) is 0 Å². The first-order valence-electron chi connectivity index (χ1n) is 5.18. The maximum Gasteiger partial charge on any atom is 0.0483 e. The van der Waals surface area contributed by atoms with Gasteiger partial charge in [0.15, 0.2) is 0 Å². The lowest BCUT2D eigenvalue weighted by Crippen LogP contribution is -2.45. The van der Waals surface area contributed by atoms with Crippen LogP contribution in [-0.4, -0.2) is 18.8 Å². The van der Waals surface area contributed by atoms with Gasteiger partial charge in [-0.25, -0.2) is 0 Å². The van der Waals surface area contributed by atoms with Gasteiger partial charge in [0.25, 0.3) is 0 Å². The lowest BCUT2D eigenvalue weighted by molar-refractivity contribution is 0.0504. The van der Waals surface area contributed by atoms with E-state index < -0.39 is 0 Å². The van der Waals surface area contributed by atoms with Gasteiger partial charge in [0.05, 0.1) is 0 Å². The van der Waals surface area contributed by atoms with Crippen molar-refractivity contribution in [3.05, 3.63) is 22.4 Å². The highest BCUT2D eigenvalue weighted by Gasteiger charge is 2.27. The zero-order chi connectivity index (χ0) is 9.86. The number of thiophene rings is 1. The molecule has 1 aromatic rings. The molecule has 2 heterocycles. The minimum absolute atomic E-state index is 0.0300. The Hall–Kier alpha value is -0.380. The van der Waals surface area contributed by atoms with Gasteiger partial charge in [0, 0.05) is 23.6 Å². The summed E-state index contributed by atoms with van der Waals surface area (Å²) in [4.78, 5) is 1.45. The minimum atomic E-state index is 0.0300. The monoisotopic (exact) mass is 211 g/mol. The summed E-state index contributed by atoms with van der Waals surface area (Å²) in [5, 5.41) is 2.13. The summed E-state index contributed by atoms with van der Waals surface area (Å²) < 4.78 is 5.32. The molecule has 1 fully saturated rings. The van der Waals surface area contributed by atoms with Crippen LogP contribution in [0.25, 0.3) is 0 Å².